The molecule has 1 fully saturated rings. The lowest BCUT2D eigenvalue weighted by atomic mass is 9.84. The fourth-order valence-corrected chi connectivity index (χ4v) is 2.91. The monoisotopic (exact) mass is 268 g/mol. The fourth-order valence-electron chi connectivity index (χ4n) is 2.72. The Balaban J connectivity index is 2.45. The van der Waals surface area contributed by atoms with Crippen molar-refractivity contribution < 1.29 is 4.74 Å². The van der Waals surface area contributed by atoms with Crippen molar-refractivity contribution in [3.63, 3.8) is 0 Å². The summed E-state index contributed by atoms with van der Waals surface area (Å²) in [7, 11) is 1.76. The highest BCUT2D eigenvalue weighted by Gasteiger charge is 2.37. The molecule has 2 rings (SSSR count). The highest BCUT2D eigenvalue weighted by atomic mass is 35.5. The molecule has 18 heavy (non-hydrogen) atoms. The van der Waals surface area contributed by atoms with Gasteiger partial charge in [0.25, 0.3) is 0 Å². The van der Waals surface area contributed by atoms with E-state index in [1.54, 1.807) is 7.11 Å². The SMILES string of the molecule is CCc1nc(C2(OC)CCCCC2)nc(Cl)c1C. The van der Waals surface area contributed by atoms with Crippen LogP contribution < -0.4 is 0 Å². The van der Waals surface area contributed by atoms with Crippen LogP contribution in [0.3, 0.4) is 0 Å². The summed E-state index contributed by atoms with van der Waals surface area (Å²) in [4.78, 5) is 9.18. The lowest BCUT2D eigenvalue weighted by Crippen LogP contribution is -2.33. The van der Waals surface area contributed by atoms with Crippen LogP contribution in [0.2, 0.25) is 5.15 Å². The fraction of sp³-hybridized carbons (Fsp3) is 0.714. The number of aromatic nitrogens is 2. The third-order valence-electron chi connectivity index (χ3n) is 3.98. The minimum Gasteiger partial charge on any atom is -0.370 e. The van der Waals surface area contributed by atoms with E-state index >= 15 is 0 Å². The second kappa shape index (κ2) is 5.54. The molecule has 0 unspecified atom stereocenters. The van der Waals surface area contributed by atoms with Crippen molar-refractivity contribution in [2.45, 2.75) is 58.0 Å². The molecule has 0 spiro atoms. The first-order chi connectivity index (χ1) is 8.63. The highest BCUT2D eigenvalue weighted by Crippen LogP contribution is 2.39. The normalized spacial score (nSPS) is 18.9. The molecule has 0 radical (unpaired) electrons. The van der Waals surface area contributed by atoms with Gasteiger partial charge in [-0.1, -0.05) is 37.8 Å². The Bertz CT molecular complexity index is 428. The minimum atomic E-state index is -0.320. The van der Waals surface area contributed by atoms with Crippen molar-refractivity contribution in [3.8, 4) is 0 Å². The zero-order valence-corrected chi connectivity index (χ0v) is 12.2. The molecule has 0 amide bonds. The summed E-state index contributed by atoms with van der Waals surface area (Å²) < 4.78 is 5.78. The molecule has 4 heteroatoms. The number of ether oxygens (including phenoxy) is 1. The lowest BCUT2D eigenvalue weighted by molar-refractivity contribution is -0.0516. The number of aryl methyl sites for hydroxylation is 1. The summed E-state index contributed by atoms with van der Waals surface area (Å²) in [6.07, 6.45) is 6.47. The van der Waals surface area contributed by atoms with E-state index in [-0.39, 0.29) is 5.60 Å². The number of hydrogen-bond acceptors (Lipinski definition) is 3. The molecule has 1 heterocycles. The Morgan fingerprint density at radius 2 is 1.89 bits per heavy atom. The third kappa shape index (κ3) is 2.39. The van der Waals surface area contributed by atoms with E-state index < -0.39 is 0 Å². The average Bonchev–Trinajstić information content (AvgIpc) is 2.42. The van der Waals surface area contributed by atoms with E-state index in [2.05, 4.69) is 11.9 Å². The quantitative estimate of drug-likeness (QED) is 0.782. The number of hydrogen-bond donors (Lipinski definition) is 0. The predicted octanol–water partition coefficient (Wildman–Crippen LogP) is 3.81. The Morgan fingerprint density at radius 1 is 1.22 bits per heavy atom. The summed E-state index contributed by atoms with van der Waals surface area (Å²) >= 11 is 6.23. The average molecular weight is 269 g/mol. The van der Waals surface area contributed by atoms with Gasteiger partial charge in [-0.25, -0.2) is 9.97 Å². The van der Waals surface area contributed by atoms with Crippen LogP contribution in [0.15, 0.2) is 0 Å². The number of nitrogens with zero attached hydrogens (tertiary/aromatic N) is 2. The molecule has 1 aliphatic carbocycles. The third-order valence-corrected chi connectivity index (χ3v) is 4.35. The van der Waals surface area contributed by atoms with Crippen LogP contribution in [0.25, 0.3) is 0 Å². The van der Waals surface area contributed by atoms with Crippen LogP contribution >= 0.6 is 11.6 Å². The number of rotatable bonds is 3. The van der Waals surface area contributed by atoms with Crippen LogP contribution in [-0.2, 0) is 16.8 Å². The van der Waals surface area contributed by atoms with Gasteiger partial charge in [-0.15, -0.1) is 0 Å². The summed E-state index contributed by atoms with van der Waals surface area (Å²) in [6, 6.07) is 0. The standard InChI is InChI=1S/C14H21ClN2O/c1-4-11-10(2)12(15)17-13(16-11)14(18-3)8-6-5-7-9-14/h4-9H2,1-3H3. The van der Waals surface area contributed by atoms with Gasteiger partial charge >= 0.3 is 0 Å². The molecule has 0 atom stereocenters. The van der Waals surface area contributed by atoms with E-state index in [0.717, 1.165) is 36.3 Å². The maximum absolute atomic E-state index is 6.23. The first kappa shape index (κ1) is 13.8. The van der Waals surface area contributed by atoms with Gasteiger partial charge in [0.15, 0.2) is 5.82 Å². The Hall–Kier alpha value is -0.670. The van der Waals surface area contributed by atoms with E-state index in [9.17, 15) is 0 Å². The van der Waals surface area contributed by atoms with Crippen molar-refractivity contribution >= 4 is 11.6 Å². The summed E-state index contributed by atoms with van der Waals surface area (Å²) in [5.41, 5.74) is 1.71. The van der Waals surface area contributed by atoms with E-state index in [1.807, 2.05) is 6.92 Å². The largest absolute Gasteiger partial charge is 0.370 e. The van der Waals surface area contributed by atoms with Gasteiger partial charge in [0, 0.05) is 18.4 Å². The second-order valence-electron chi connectivity index (χ2n) is 5.02. The van der Waals surface area contributed by atoms with Crippen molar-refractivity contribution in [2.24, 2.45) is 0 Å². The lowest BCUT2D eigenvalue weighted by Gasteiger charge is -2.34. The van der Waals surface area contributed by atoms with Crippen LogP contribution in [0.1, 0.15) is 56.1 Å². The molecule has 0 N–H and O–H groups in total. The van der Waals surface area contributed by atoms with Gasteiger partial charge < -0.3 is 4.74 Å². The first-order valence-electron chi connectivity index (χ1n) is 6.71. The van der Waals surface area contributed by atoms with Crippen LogP contribution in [0, 0.1) is 6.92 Å². The first-order valence-corrected chi connectivity index (χ1v) is 7.09. The molecule has 1 aliphatic rings. The van der Waals surface area contributed by atoms with E-state index in [4.69, 9.17) is 21.3 Å². The molecular weight excluding hydrogens is 248 g/mol. The van der Waals surface area contributed by atoms with Crippen LogP contribution in [0.5, 0.6) is 0 Å². The molecule has 0 aliphatic heterocycles. The summed E-state index contributed by atoms with van der Waals surface area (Å²) in [6.45, 7) is 4.07. The maximum Gasteiger partial charge on any atom is 0.162 e. The highest BCUT2D eigenvalue weighted by molar-refractivity contribution is 6.30. The maximum atomic E-state index is 6.23. The Labute approximate surface area is 114 Å². The van der Waals surface area contributed by atoms with Gasteiger partial charge in [0.2, 0.25) is 0 Å². The Morgan fingerprint density at radius 3 is 2.44 bits per heavy atom. The van der Waals surface area contributed by atoms with Gasteiger partial charge in [-0.05, 0) is 26.2 Å². The van der Waals surface area contributed by atoms with Crippen LogP contribution in [-0.4, -0.2) is 17.1 Å². The van der Waals surface area contributed by atoms with Crippen molar-refractivity contribution in [2.75, 3.05) is 7.11 Å². The molecular formula is C14H21ClN2O. The number of halogens is 1. The molecule has 1 aromatic rings. The molecule has 1 saturated carbocycles. The van der Waals surface area contributed by atoms with Crippen molar-refractivity contribution in [1.82, 2.24) is 9.97 Å². The topological polar surface area (TPSA) is 35.0 Å². The zero-order chi connectivity index (χ0) is 13.2. The summed E-state index contributed by atoms with van der Waals surface area (Å²) in [5, 5.41) is 0.568. The van der Waals surface area contributed by atoms with Crippen molar-refractivity contribution in [3.05, 3.63) is 22.2 Å². The van der Waals surface area contributed by atoms with Gasteiger partial charge in [0.05, 0.1) is 0 Å². The van der Waals surface area contributed by atoms with Gasteiger partial charge in [-0.3, -0.25) is 0 Å². The molecule has 0 saturated heterocycles. The number of methoxy groups -OCH3 is 1. The van der Waals surface area contributed by atoms with Gasteiger partial charge in [0.1, 0.15) is 10.8 Å². The van der Waals surface area contributed by atoms with E-state index in [0.29, 0.717) is 5.15 Å². The zero-order valence-electron chi connectivity index (χ0n) is 11.4. The molecule has 1 aromatic heterocycles. The molecule has 0 aromatic carbocycles. The minimum absolute atomic E-state index is 0.320. The summed E-state index contributed by atoms with van der Waals surface area (Å²) in [5.74, 6) is 0.775. The smallest absolute Gasteiger partial charge is 0.162 e. The van der Waals surface area contributed by atoms with E-state index in [1.165, 1.54) is 19.3 Å². The van der Waals surface area contributed by atoms with Crippen molar-refractivity contribution in [1.29, 1.82) is 0 Å². The van der Waals surface area contributed by atoms with Crippen LogP contribution in [0.4, 0.5) is 0 Å². The molecule has 3 nitrogen and oxygen atoms in total. The molecule has 100 valence electrons. The van der Waals surface area contributed by atoms with Gasteiger partial charge in [-0.2, -0.15) is 0 Å². The second-order valence-corrected chi connectivity index (χ2v) is 5.38. The Kier molecular flexibility index (Phi) is 4.23. The molecule has 0 bridgehead atoms. The predicted molar refractivity (Wildman–Crippen MR) is 72.9 cm³/mol.